The third-order valence-electron chi connectivity index (χ3n) is 2.25. The molecule has 0 fully saturated rings. The zero-order valence-electron chi connectivity index (χ0n) is 7.92. The SMILES string of the molecule is Cc1nc2cc(CN)ccc2cc1Cl. The Labute approximate surface area is 87.7 Å². The van der Waals surface area contributed by atoms with Gasteiger partial charge in [0.15, 0.2) is 0 Å². The van der Waals surface area contributed by atoms with Gasteiger partial charge in [-0.1, -0.05) is 23.7 Å². The molecule has 1 aromatic heterocycles. The van der Waals surface area contributed by atoms with Crippen LogP contribution in [0.1, 0.15) is 11.3 Å². The number of halogens is 1. The Bertz CT molecular complexity index is 480. The molecule has 0 saturated heterocycles. The molecule has 0 aliphatic rings. The number of nitrogens with two attached hydrogens (primary N) is 1. The number of nitrogens with zero attached hydrogens (tertiary/aromatic N) is 1. The second-order valence-electron chi connectivity index (χ2n) is 3.29. The normalized spacial score (nSPS) is 10.8. The van der Waals surface area contributed by atoms with Crippen LogP contribution >= 0.6 is 11.6 Å². The van der Waals surface area contributed by atoms with E-state index in [2.05, 4.69) is 4.98 Å². The molecule has 2 rings (SSSR count). The van der Waals surface area contributed by atoms with Crippen molar-refractivity contribution in [1.29, 1.82) is 0 Å². The summed E-state index contributed by atoms with van der Waals surface area (Å²) in [4.78, 5) is 4.40. The lowest BCUT2D eigenvalue weighted by atomic mass is 10.1. The molecule has 1 heterocycles. The van der Waals surface area contributed by atoms with Crippen LogP contribution in [0.3, 0.4) is 0 Å². The quantitative estimate of drug-likeness (QED) is 0.779. The Hall–Kier alpha value is -1.12. The van der Waals surface area contributed by atoms with E-state index < -0.39 is 0 Å². The van der Waals surface area contributed by atoms with Gasteiger partial charge in [-0.3, -0.25) is 4.98 Å². The Kier molecular flexibility index (Phi) is 2.40. The van der Waals surface area contributed by atoms with Crippen molar-refractivity contribution in [2.75, 3.05) is 0 Å². The van der Waals surface area contributed by atoms with Gasteiger partial charge in [0, 0.05) is 11.9 Å². The number of benzene rings is 1. The fourth-order valence-electron chi connectivity index (χ4n) is 1.41. The highest BCUT2D eigenvalue weighted by atomic mass is 35.5. The maximum atomic E-state index is 5.97. The first-order chi connectivity index (χ1) is 6.70. The third kappa shape index (κ3) is 1.59. The summed E-state index contributed by atoms with van der Waals surface area (Å²) in [5.74, 6) is 0. The van der Waals surface area contributed by atoms with Gasteiger partial charge in [0.2, 0.25) is 0 Å². The van der Waals surface area contributed by atoms with E-state index >= 15 is 0 Å². The van der Waals surface area contributed by atoms with Crippen LogP contribution in [-0.4, -0.2) is 4.98 Å². The van der Waals surface area contributed by atoms with E-state index in [0.29, 0.717) is 11.6 Å². The monoisotopic (exact) mass is 206 g/mol. The minimum absolute atomic E-state index is 0.541. The number of hydrogen-bond acceptors (Lipinski definition) is 2. The number of aryl methyl sites for hydroxylation is 1. The molecule has 2 N–H and O–H groups in total. The first kappa shape index (κ1) is 9.44. The summed E-state index contributed by atoms with van der Waals surface area (Å²) in [5, 5.41) is 1.76. The van der Waals surface area contributed by atoms with Crippen molar-refractivity contribution in [3.63, 3.8) is 0 Å². The summed E-state index contributed by atoms with van der Waals surface area (Å²) in [5.41, 5.74) is 8.45. The summed E-state index contributed by atoms with van der Waals surface area (Å²) in [7, 11) is 0. The van der Waals surface area contributed by atoms with Crippen LogP contribution in [0.2, 0.25) is 5.02 Å². The summed E-state index contributed by atoms with van der Waals surface area (Å²) in [6.07, 6.45) is 0. The van der Waals surface area contributed by atoms with Gasteiger partial charge in [-0.05, 0) is 24.6 Å². The highest BCUT2D eigenvalue weighted by Gasteiger charge is 2.01. The molecule has 72 valence electrons. The Morgan fingerprint density at radius 2 is 2.14 bits per heavy atom. The molecule has 1 aromatic carbocycles. The van der Waals surface area contributed by atoms with E-state index in [1.165, 1.54) is 0 Å². The highest BCUT2D eigenvalue weighted by molar-refractivity contribution is 6.31. The molecule has 0 radical (unpaired) electrons. The van der Waals surface area contributed by atoms with Crippen LogP contribution in [0.5, 0.6) is 0 Å². The Morgan fingerprint density at radius 1 is 1.36 bits per heavy atom. The topological polar surface area (TPSA) is 38.9 Å². The fraction of sp³-hybridized carbons (Fsp3) is 0.182. The average molecular weight is 207 g/mol. The molecule has 0 bridgehead atoms. The molecule has 0 aliphatic carbocycles. The Morgan fingerprint density at radius 3 is 2.86 bits per heavy atom. The predicted molar refractivity (Wildman–Crippen MR) is 59.4 cm³/mol. The molecule has 2 aromatic rings. The maximum absolute atomic E-state index is 5.97. The van der Waals surface area contributed by atoms with Crippen molar-refractivity contribution >= 4 is 22.5 Å². The first-order valence-electron chi connectivity index (χ1n) is 4.46. The lowest BCUT2D eigenvalue weighted by Gasteiger charge is -2.03. The van der Waals surface area contributed by atoms with E-state index in [-0.39, 0.29) is 0 Å². The molecule has 3 heteroatoms. The summed E-state index contributed by atoms with van der Waals surface area (Å²) in [6, 6.07) is 7.92. The van der Waals surface area contributed by atoms with E-state index in [4.69, 9.17) is 17.3 Å². The van der Waals surface area contributed by atoms with Crippen LogP contribution < -0.4 is 5.73 Å². The van der Waals surface area contributed by atoms with E-state index in [1.54, 1.807) is 0 Å². The van der Waals surface area contributed by atoms with Crippen molar-refractivity contribution in [3.05, 3.63) is 40.5 Å². The summed E-state index contributed by atoms with van der Waals surface area (Å²) in [6.45, 7) is 2.44. The predicted octanol–water partition coefficient (Wildman–Crippen LogP) is 2.66. The zero-order valence-corrected chi connectivity index (χ0v) is 8.67. The van der Waals surface area contributed by atoms with Gasteiger partial charge in [0.1, 0.15) is 0 Å². The van der Waals surface area contributed by atoms with Gasteiger partial charge in [-0.25, -0.2) is 0 Å². The lowest BCUT2D eigenvalue weighted by Crippen LogP contribution is -1.96. The molecule has 0 unspecified atom stereocenters. The molecule has 0 spiro atoms. The second-order valence-corrected chi connectivity index (χ2v) is 3.69. The van der Waals surface area contributed by atoms with Gasteiger partial charge in [-0.15, -0.1) is 0 Å². The number of fused-ring (bicyclic) bond motifs is 1. The van der Waals surface area contributed by atoms with Crippen LogP contribution in [0.25, 0.3) is 10.9 Å². The standard InChI is InChI=1S/C11H11ClN2/c1-7-10(12)5-9-3-2-8(6-13)4-11(9)14-7/h2-5H,6,13H2,1H3. The first-order valence-corrected chi connectivity index (χ1v) is 4.84. The third-order valence-corrected chi connectivity index (χ3v) is 2.63. The molecule has 0 amide bonds. The number of aromatic nitrogens is 1. The van der Waals surface area contributed by atoms with Gasteiger partial charge in [0.05, 0.1) is 16.2 Å². The van der Waals surface area contributed by atoms with Crippen molar-refractivity contribution in [2.45, 2.75) is 13.5 Å². The molecular weight excluding hydrogens is 196 g/mol. The van der Waals surface area contributed by atoms with Crippen molar-refractivity contribution in [1.82, 2.24) is 4.98 Å². The molecule has 0 saturated carbocycles. The van der Waals surface area contributed by atoms with Crippen LogP contribution in [-0.2, 0) is 6.54 Å². The molecular formula is C11H11ClN2. The van der Waals surface area contributed by atoms with Crippen LogP contribution in [0.4, 0.5) is 0 Å². The smallest absolute Gasteiger partial charge is 0.0709 e. The zero-order chi connectivity index (χ0) is 10.1. The minimum atomic E-state index is 0.541. The number of pyridine rings is 1. The fourth-order valence-corrected chi connectivity index (χ4v) is 1.57. The van der Waals surface area contributed by atoms with Gasteiger partial charge < -0.3 is 5.73 Å². The summed E-state index contributed by atoms with van der Waals surface area (Å²) < 4.78 is 0. The average Bonchev–Trinajstić information content (AvgIpc) is 2.19. The van der Waals surface area contributed by atoms with E-state index in [9.17, 15) is 0 Å². The van der Waals surface area contributed by atoms with Gasteiger partial charge >= 0.3 is 0 Å². The number of hydrogen-bond donors (Lipinski definition) is 1. The Balaban J connectivity index is 2.70. The second kappa shape index (κ2) is 3.56. The van der Waals surface area contributed by atoms with Crippen molar-refractivity contribution in [2.24, 2.45) is 5.73 Å². The number of rotatable bonds is 1. The molecule has 0 aliphatic heterocycles. The maximum Gasteiger partial charge on any atom is 0.0709 e. The lowest BCUT2D eigenvalue weighted by molar-refractivity contribution is 1.07. The van der Waals surface area contributed by atoms with Crippen LogP contribution in [0.15, 0.2) is 24.3 Å². The highest BCUT2D eigenvalue weighted by Crippen LogP contribution is 2.21. The largest absolute Gasteiger partial charge is 0.326 e. The summed E-state index contributed by atoms with van der Waals surface area (Å²) >= 11 is 5.97. The van der Waals surface area contributed by atoms with Gasteiger partial charge in [-0.2, -0.15) is 0 Å². The van der Waals surface area contributed by atoms with E-state index in [1.807, 2.05) is 31.2 Å². The minimum Gasteiger partial charge on any atom is -0.326 e. The van der Waals surface area contributed by atoms with Crippen LogP contribution in [0, 0.1) is 6.92 Å². The molecule has 14 heavy (non-hydrogen) atoms. The van der Waals surface area contributed by atoms with Gasteiger partial charge in [0.25, 0.3) is 0 Å². The van der Waals surface area contributed by atoms with Crippen molar-refractivity contribution < 1.29 is 0 Å². The molecule has 0 atom stereocenters. The van der Waals surface area contributed by atoms with E-state index in [0.717, 1.165) is 22.2 Å². The molecule has 2 nitrogen and oxygen atoms in total. The van der Waals surface area contributed by atoms with Crippen molar-refractivity contribution in [3.8, 4) is 0 Å².